The Morgan fingerprint density at radius 2 is 1.79 bits per heavy atom. The number of carboxylic acid groups (broad SMARTS) is 1. The van der Waals surface area contributed by atoms with Gasteiger partial charge in [-0.3, -0.25) is 4.79 Å². The van der Waals surface area contributed by atoms with E-state index in [0.717, 1.165) is 5.56 Å². The van der Waals surface area contributed by atoms with E-state index in [9.17, 15) is 9.18 Å². The fourth-order valence-electron chi connectivity index (χ4n) is 1.68. The van der Waals surface area contributed by atoms with Gasteiger partial charge >= 0.3 is 5.97 Å². The molecule has 0 atom stereocenters. The summed E-state index contributed by atoms with van der Waals surface area (Å²) in [5.41, 5.74) is 0.814. The molecule has 0 heterocycles. The predicted octanol–water partition coefficient (Wildman–Crippen LogP) is 3.64. The Bertz CT molecular complexity index is 564. The summed E-state index contributed by atoms with van der Waals surface area (Å²) in [5, 5.41) is 8.70. The van der Waals surface area contributed by atoms with Crippen LogP contribution in [0.4, 0.5) is 4.39 Å². The van der Waals surface area contributed by atoms with Gasteiger partial charge in [-0.15, -0.1) is 0 Å². The highest BCUT2D eigenvalue weighted by molar-refractivity contribution is 5.67. The topological polar surface area (TPSA) is 46.5 Å². The van der Waals surface area contributed by atoms with Crippen molar-refractivity contribution in [3.63, 3.8) is 0 Å². The smallest absolute Gasteiger partial charge is 0.303 e. The van der Waals surface area contributed by atoms with E-state index in [1.165, 1.54) is 24.3 Å². The molecule has 0 bridgehead atoms. The molecule has 4 heteroatoms. The average Bonchev–Trinajstić information content (AvgIpc) is 2.40. The highest BCUT2D eigenvalue weighted by Crippen LogP contribution is 2.26. The molecule has 0 fully saturated rings. The van der Waals surface area contributed by atoms with Crippen LogP contribution in [0.1, 0.15) is 12.0 Å². The van der Waals surface area contributed by atoms with Gasteiger partial charge < -0.3 is 9.84 Å². The molecule has 0 unspecified atom stereocenters. The van der Waals surface area contributed by atoms with Crippen LogP contribution < -0.4 is 4.74 Å². The third-order valence-corrected chi connectivity index (χ3v) is 2.62. The SMILES string of the molecule is O=C(O)CCc1ccccc1Oc1ccc(F)cc1. The Morgan fingerprint density at radius 1 is 1.11 bits per heavy atom. The van der Waals surface area contributed by atoms with E-state index < -0.39 is 5.97 Å². The number of carboxylic acids is 1. The van der Waals surface area contributed by atoms with Crippen molar-refractivity contribution >= 4 is 5.97 Å². The summed E-state index contributed by atoms with van der Waals surface area (Å²) in [7, 11) is 0. The molecule has 19 heavy (non-hydrogen) atoms. The van der Waals surface area contributed by atoms with Crippen LogP contribution in [-0.2, 0) is 11.2 Å². The zero-order valence-electron chi connectivity index (χ0n) is 10.2. The molecule has 0 aliphatic rings. The third kappa shape index (κ3) is 3.81. The number of hydrogen-bond acceptors (Lipinski definition) is 2. The van der Waals surface area contributed by atoms with Crippen molar-refractivity contribution in [2.45, 2.75) is 12.8 Å². The molecule has 0 radical (unpaired) electrons. The van der Waals surface area contributed by atoms with Crippen LogP contribution in [0.15, 0.2) is 48.5 Å². The van der Waals surface area contributed by atoms with Crippen molar-refractivity contribution in [3.8, 4) is 11.5 Å². The molecular formula is C15H13FO3. The number of carbonyl (C=O) groups is 1. The fourth-order valence-corrected chi connectivity index (χ4v) is 1.68. The molecule has 3 nitrogen and oxygen atoms in total. The van der Waals surface area contributed by atoms with Gasteiger partial charge in [0.25, 0.3) is 0 Å². The van der Waals surface area contributed by atoms with Crippen LogP contribution in [0.2, 0.25) is 0 Å². The van der Waals surface area contributed by atoms with Gasteiger partial charge in [0, 0.05) is 6.42 Å². The molecule has 98 valence electrons. The molecular weight excluding hydrogens is 247 g/mol. The molecule has 0 amide bonds. The zero-order valence-corrected chi connectivity index (χ0v) is 10.2. The number of halogens is 1. The van der Waals surface area contributed by atoms with E-state index in [0.29, 0.717) is 17.9 Å². The standard InChI is InChI=1S/C15H13FO3/c16-12-6-8-13(9-7-12)19-14-4-2-1-3-11(14)5-10-15(17)18/h1-4,6-9H,5,10H2,(H,17,18). The summed E-state index contributed by atoms with van der Waals surface area (Å²) < 4.78 is 18.4. The molecule has 2 rings (SSSR count). The summed E-state index contributed by atoms with van der Waals surface area (Å²) in [6, 6.07) is 12.9. The lowest BCUT2D eigenvalue weighted by Crippen LogP contribution is -1.99. The van der Waals surface area contributed by atoms with Gasteiger partial charge in [-0.25, -0.2) is 4.39 Å². The zero-order chi connectivity index (χ0) is 13.7. The second-order valence-corrected chi connectivity index (χ2v) is 4.06. The summed E-state index contributed by atoms with van der Waals surface area (Å²) >= 11 is 0. The van der Waals surface area contributed by atoms with Crippen molar-refractivity contribution in [2.24, 2.45) is 0 Å². The van der Waals surface area contributed by atoms with Crippen molar-refractivity contribution < 1.29 is 19.0 Å². The van der Waals surface area contributed by atoms with E-state index in [2.05, 4.69) is 0 Å². The minimum atomic E-state index is -0.850. The Morgan fingerprint density at radius 3 is 2.47 bits per heavy atom. The average molecular weight is 260 g/mol. The number of aliphatic carboxylic acids is 1. The Balaban J connectivity index is 2.15. The first-order valence-electron chi connectivity index (χ1n) is 5.88. The van der Waals surface area contributed by atoms with E-state index >= 15 is 0 Å². The molecule has 0 aromatic heterocycles. The first-order valence-corrected chi connectivity index (χ1v) is 5.88. The van der Waals surface area contributed by atoms with Gasteiger partial charge in [-0.05, 0) is 42.3 Å². The van der Waals surface area contributed by atoms with Gasteiger partial charge in [0.05, 0.1) is 0 Å². The van der Waals surface area contributed by atoms with Crippen molar-refractivity contribution in [1.82, 2.24) is 0 Å². The minimum absolute atomic E-state index is 0.0454. The van der Waals surface area contributed by atoms with Crippen molar-refractivity contribution in [2.75, 3.05) is 0 Å². The molecule has 0 spiro atoms. The van der Waals surface area contributed by atoms with Gasteiger partial charge in [0.15, 0.2) is 0 Å². The second-order valence-electron chi connectivity index (χ2n) is 4.06. The Hall–Kier alpha value is -2.36. The summed E-state index contributed by atoms with van der Waals surface area (Å²) in [4.78, 5) is 10.6. The van der Waals surface area contributed by atoms with Gasteiger partial charge in [-0.2, -0.15) is 0 Å². The number of aryl methyl sites for hydroxylation is 1. The highest BCUT2D eigenvalue weighted by Gasteiger charge is 2.06. The van der Waals surface area contributed by atoms with E-state index in [1.807, 2.05) is 18.2 Å². The Labute approximate surface area is 110 Å². The third-order valence-electron chi connectivity index (χ3n) is 2.62. The minimum Gasteiger partial charge on any atom is -0.481 e. The monoisotopic (exact) mass is 260 g/mol. The van der Waals surface area contributed by atoms with Crippen molar-refractivity contribution in [1.29, 1.82) is 0 Å². The van der Waals surface area contributed by atoms with E-state index in [4.69, 9.17) is 9.84 Å². The van der Waals surface area contributed by atoms with Gasteiger partial charge in [0.2, 0.25) is 0 Å². The lowest BCUT2D eigenvalue weighted by atomic mass is 10.1. The van der Waals surface area contributed by atoms with Crippen LogP contribution in [0.3, 0.4) is 0 Å². The molecule has 1 N–H and O–H groups in total. The predicted molar refractivity (Wildman–Crippen MR) is 68.9 cm³/mol. The van der Waals surface area contributed by atoms with Crippen LogP contribution >= 0.6 is 0 Å². The number of benzene rings is 2. The summed E-state index contributed by atoms with van der Waals surface area (Å²) in [5.74, 6) is -0.0670. The quantitative estimate of drug-likeness (QED) is 0.892. The highest BCUT2D eigenvalue weighted by atomic mass is 19.1. The molecule has 0 aliphatic heterocycles. The first-order chi connectivity index (χ1) is 9.15. The largest absolute Gasteiger partial charge is 0.481 e. The molecule has 0 saturated carbocycles. The molecule has 0 aliphatic carbocycles. The normalized spacial score (nSPS) is 10.2. The maximum Gasteiger partial charge on any atom is 0.303 e. The van der Waals surface area contributed by atoms with Crippen LogP contribution in [0.5, 0.6) is 11.5 Å². The van der Waals surface area contributed by atoms with Gasteiger partial charge in [0.1, 0.15) is 17.3 Å². The van der Waals surface area contributed by atoms with Crippen LogP contribution in [-0.4, -0.2) is 11.1 Å². The maximum atomic E-state index is 12.8. The Kier molecular flexibility index (Phi) is 4.13. The lowest BCUT2D eigenvalue weighted by Gasteiger charge is -2.10. The van der Waals surface area contributed by atoms with Gasteiger partial charge in [-0.1, -0.05) is 18.2 Å². The molecule has 0 saturated heterocycles. The lowest BCUT2D eigenvalue weighted by molar-refractivity contribution is -0.136. The van der Waals surface area contributed by atoms with E-state index in [1.54, 1.807) is 6.07 Å². The molecule has 2 aromatic carbocycles. The summed E-state index contributed by atoms with van der Waals surface area (Å²) in [6.07, 6.45) is 0.441. The van der Waals surface area contributed by atoms with Crippen molar-refractivity contribution in [3.05, 3.63) is 59.9 Å². The number of hydrogen-bond donors (Lipinski definition) is 1. The summed E-state index contributed by atoms with van der Waals surface area (Å²) in [6.45, 7) is 0. The van der Waals surface area contributed by atoms with Crippen LogP contribution in [0, 0.1) is 5.82 Å². The fraction of sp³-hybridized carbons (Fsp3) is 0.133. The van der Waals surface area contributed by atoms with Crippen LogP contribution in [0.25, 0.3) is 0 Å². The van der Waals surface area contributed by atoms with E-state index in [-0.39, 0.29) is 12.2 Å². The maximum absolute atomic E-state index is 12.8. The number of ether oxygens (including phenoxy) is 1. The number of para-hydroxylation sites is 1. The molecule has 2 aromatic rings. The first kappa shape index (κ1) is 13.1. The second kappa shape index (κ2) is 6.00. The number of rotatable bonds is 5.